The molecule has 0 saturated heterocycles. The Kier molecular flexibility index (Phi) is 4.30. The Balaban J connectivity index is 2.21. The van der Waals surface area contributed by atoms with E-state index in [0.29, 0.717) is 23.0 Å². The zero-order chi connectivity index (χ0) is 13.3. The normalized spacial score (nSPS) is 16.4. The van der Waals surface area contributed by atoms with Crippen molar-refractivity contribution in [3.05, 3.63) is 33.3 Å². The van der Waals surface area contributed by atoms with Crippen LogP contribution in [0.5, 0.6) is 0 Å². The number of halogens is 2. The Bertz CT molecular complexity index is 462. The van der Waals surface area contributed by atoms with Crippen LogP contribution in [0.25, 0.3) is 0 Å². The van der Waals surface area contributed by atoms with Gasteiger partial charge in [-0.05, 0) is 52.9 Å². The maximum Gasteiger partial charge on any atom is 0.255 e. The summed E-state index contributed by atoms with van der Waals surface area (Å²) in [5.74, 6) is 0.522. The maximum atomic E-state index is 12.4. The fraction of sp³-hybridized carbons (Fsp3) is 0.462. The lowest BCUT2D eigenvalue weighted by molar-refractivity contribution is 0.0718. The van der Waals surface area contributed by atoms with Gasteiger partial charge in [0.05, 0.1) is 5.56 Å². The second-order valence-electron chi connectivity index (χ2n) is 4.68. The Morgan fingerprint density at radius 2 is 2.28 bits per heavy atom. The molecule has 18 heavy (non-hydrogen) atoms. The molecule has 0 heterocycles. The van der Waals surface area contributed by atoms with Crippen LogP contribution in [0.1, 0.15) is 23.2 Å². The molecule has 1 atom stereocenters. The predicted octanol–water partition coefficient (Wildman–Crippen LogP) is 2.91. The first kappa shape index (κ1) is 13.8. The monoisotopic (exact) mass is 330 g/mol. The number of carbonyl (C=O) groups excluding carboxylic acids is 1. The van der Waals surface area contributed by atoms with Crippen molar-refractivity contribution in [1.29, 1.82) is 0 Å². The zero-order valence-corrected chi connectivity index (χ0v) is 12.5. The van der Waals surface area contributed by atoms with Gasteiger partial charge < -0.3 is 10.6 Å². The summed E-state index contributed by atoms with van der Waals surface area (Å²) in [4.78, 5) is 14.2. The van der Waals surface area contributed by atoms with Crippen molar-refractivity contribution in [2.75, 3.05) is 13.6 Å². The van der Waals surface area contributed by atoms with E-state index >= 15 is 0 Å². The molecule has 1 aliphatic carbocycles. The van der Waals surface area contributed by atoms with E-state index in [1.807, 2.05) is 7.05 Å². The molecule has 1 fully saturated rings. The third-order valence-electron chi connectivity index (χ3n) is 3.38. The largest absolute Gasteiger partial charge is 0.337 e. The molecule has 1 unspecified atom stereocenters. The lowest BCUT2D eigenvalue weighted by Gasteiger charge is -2.27. The molecule has 2 rings (SSSR count). The van der Waals surface area contributed by atoms with Crippen molar-refractivity contribution in [3.63, 3.8) is 0 Å². The lowest BCUT2D eigenvalue weighted by atomic mass is 10.1. The van der Waals surface area contributed by atoms with Gasteiger partial charge in [0, 0.05) is 29.1 Å². The molecule has 0 radical (unpaired) electrons. The average molecular weight is 332 g/mol. The Labute approximate surface area is 120 Å². The summed E-state index contributed by atoms with van der Waals surface area (Å²) in [5.41, 5.74) is 6.35. The highest BCUT2D eigenvalue weighted by atomic mass is 79.9. The second kappa shape index (κ2) is 5.59. The quantitative estimate of drug-likeness (QED) is 0.922. The van der Waals surface area contributed by atoms with E-state index in [2.05, 4.69) is 15.9 Å². The van der Waals surface area contributed by atoms with Crippen LogP contribution in [0.15, 0.2) is 22.7 Å². The molecule has 3 nitrogen and oxygen atoms in total. The third-order valence-corrected chi connectivity index (χ3v) is 4.31. The molecule has 1 aromatic rings. The molecule has 0 spiro atoms. The molecule has 98 valence electrons. The Morgan fingerprint density at radius 3 is 2.83 bits per heavy atom. The van der Waals surface area contributed by atoms with Gasteiger partial charge in [-0.15, -0.1) is 0 Å². The minimum atomic E-state index is -0.0354. The van der Waals surface area contributed by atoms with Crippen LogP contribution in [0, 0.1) is 5.92 Å². The first-order valence-corrected chi connectivity index (χ1v) is 7.14. The van der Waals surface area contributed by atoms with E-state index in [4.69, 9.17) is 17.3 Å². The molecule has 1 amide bonds. The topological polar surface area (TPSA) is 46.3 Å². The van der Waals surface area contributed by atoms with Gasteiger partial charge in [-0.1, -0.05) is 11.6 Å². The molecule has 5 heteroatoms. The van der Waals surface area contributed by atoms with Gasteiger partial charge in [0.1, 0.15) is 0 Å². The third kappa shape index (κ3) is 2.87. The number of hydrogen-bond donors (Lipinski definition) is 1. The number of rotatable bonds is 4. The van der Waals surface area contributed by atoms with E-state index in [9.17, 15) is 4.79 Å². The summed E-state index contributed by atoms with van der Waals surface area (Å²) in [5, 5.41) is 0.561. The minimum absolute atomic E-state index is 0.0354. The van der Waals surface area contributed by atoms with E-state index in [-0.39, 0.29) is 11.9 Å². The van der Waals surface area contributed by atoms with Crippen LogP contribution in [0.2, 0.25) is 5.02 Å². The van der Waals surface area contributed by atoms with Crippen molar-refractivity contribution in [2.45, 2.75) is 18.9 Å². The zero-order valence-electron chi connectivity index (χ0n) is 10.2. The number of carbonyl (C=O) groups is 1. The molecule has 1 aliphatic rings. The van der Waals surface area contributed by atoms with Gasteiger partial charge in [0.2, 0.25) is 0 Å². The number of nitrogens with zero attached hydrogens (tertiary/aromatic N) is 1. The Morgan fingerprint density at radius 1 is 1.61 bits per heavy atom. The van der Waals surface area contributed by atoms with Crippen LogP contribution in [0.4, 0.5) is 0 Å². The highest BCUT2D eigenvalue weighted by molar-refractivity contribution is 9.10. The van der Waals surface area contributed by atoms with Crippen molar-refractivity contribution < 1.29 is 4.79 Å². The van der Waals surface area contributed by atoms with E-state index in [1.165, 1.54) is 0 Å². The van der Waals surface area contributed by atoms with Gasteiger partial charge in [-0.2, -0.15) is 0 Å². The predicted molar refractivity (Wildman–Crippen MR) is 76.8 cm³/mol. The average Bonchev–Trinajstić information content (AvgIpc) is 3.16. The van der Waals surface area contributed by atoms with Gasteiger partial charge in [-0.25, -0.2) is 0 Å². The number of benzene rings is 1. The van der Waals surface area contributed by atoms with Crippen LogP contribution < -0.4 is 5.73 Å². The second-order valence-corrected chi connectivity index (χ2v) is 5.97. The summed E-state index contributed by atoms with van der Waals surface area (Å²) in [6, 6.07) is 5.36. The fourth-order valence-electron chi connectivity index (χ4n) is 2.15. The molecule has 1 aromatic carbocycles. The van der Waals surface area contributed by atoms with E-state index in [1.54, 1.807) is 23.1 Å². The molecule has 0 bridgehead atoms. The highest BCUT2D eigenvalue weighted by Gasteiger charge is 2.35. The summed E-state index contributed by atoms with van der Waals surface area (Å²) in [6.45, 7) is 0.505. The lowest BCUT2D eigenvalue weighted by Crippen LogP contribution is -2.43. The highest BCUT2D eigenvalue weighted by Crippen LogP contribution is 2.35. The summed E-state index contributed by atoms with van der Waals surface area (Å²) < 4.78 is 0.760. The maximum absolute atomic E-state index is 12.4. The molecule has 2 N–H and O–H groups in total. The number of likely N-dealkylation sites (N-methyl/N-ethyl adjacent to an activating group) is 1. The van der Waals surface area contributed by atoms with Crippen molar-refractivity contribution >= 4 is 33.4 Å². The molecule has 0 aromatic heterocycles. The van der Waals surface area contributed by atoms with E-state index < -0.39 is 0 Å². The van der Waals surface area contributed by atoms with Crippen LogP contribution in [-0.2, 0) is 0 Å². The van der Waals surface area contributed by atoms with Gasteiger partial charge in [0.25, 0.3) is 5.91 Å². The first-order valence-electron chi connectivity index (χ1n) is 5.97. The van der Waals surface area contributed by atoms with E-state index in [0.717, 1.165) is 17.3 Å². The number of hydrogen-bond acceptors (Lipinski definition) is 2. The first-order chi connectivity index (χ1) is 8.54. The standard InChI is InChI=1S/C13H16BrClN2O/c1-17(12(7-16)8-2-3-8)13(18)10-6-9(15)4-5-11(10)14/h4-6,8,12H,2-3,7,16H2,1H3. The van der Waals surface area contributed by atoms with Crippen molar-refractivity contribution in [1.82, 2.24) is 4.90 Å². The molecule has 1 saturated carbocycles. The Hall–Kier alpha value is -0.580. The number of amides is 1. The van der Waals surface area contributed by atoms with Crippen LogP contribution in [-0.4, -0.2) is 30.4 Å². The fourth-order valence-corrected chi connectivity index (χ4v) is 2.74. The molecular formula is C13H16BrClN2O. The summed E-state index contributed by atoms with van der Waals surface area (Å²) in [6.07, 6.45) is 2.33. The van der Waals surface area contributed by atoms with Crippen molar-refractivity contribution in [2.24, 2.45) is 11.7 Å². The number of nitrogens with two attached hydrogens (primary N) is 1. The van der Waals surface area contributed by atoms with Crippen LogP contribution >= 0.6 is 27.5 Å². The van der Waals surface area contributed by atoms with Gasteiger partial charge in [0.15, 0.2) is 0 Å². The summed E-state index contributed by atoms with van der Waals surface area (Å²) in [7, 11) is 1.81. The molecular weight excluding hydrogens is 316 g/mol. The minimum Gasteiger partial charge on any atom is -0.337 e. The van der Waals surface area contributed by atoms with Crippen molar-refractivity contribution in [3.8, 4) is 0 Å². The van der Waals surface area contributed by atoms with Gasteiger partial charge in [-0.3, -0.25) is 4.79 Å². The smallest absolute Gasteiger partial charge is 0.255 e. The molecule has 0 aliphatic heterocycles. The van der Waals surface area contributed by atoms with Crippen LogP contribution in [0.3, 0.4) is 0 Å². The SMILES string of the molecule is CN(C(=O)c1cc(Cl)ccc1Br)C(CN)C1CC1. The van der Waals surface area contributed by atoms with Gasteiger partial charge >= 0.3 is 0 Å². The summed E-state index contributed by atoms with van der Waals surface area (Å²) >= 11 is 9.32.